The third-order valence-electron chi connectivity index (χ3n) is 1.06. The number of hydrogen-bond acceptors (Lipinski definition) is 24. The van der Waals surface area contributed by atoms with Crippen LogP contribution >= 0.6 is 0 Å². The van der Waals surface area contributed by atoms with Gasteiger partial charge < -0.3 is 42.4 Å². The average Bonchev–Trinajstić information content (AvgIpc) is 2.06. The van der Waals surface area contributed by atoms with Crippen LogP contribution in [-0.2, 0) is 169 Å². The molecule has 26 N–H and O–H groups in total. The first kappa shape index (κ1) is 59.1. The molecular weight excluding hydrogens is 1160 g/mol. The summed E-state index contributed by atoms with van der Waals surface area (Å²) in [5, 5.41) is 0. The molecule has 0 saturated heterocycles. The van der Waals surface area contributed by atoms with Crippen LogP contribution in [0.4, 0.5) is 0 Å². The molecule has 38 heavy (non-hydrogen) atoms. The van der Waals surface area contributed by atoms with Crippen molar-refractivity contribution in [2.24, 2.45) is 0 Å². The van der Waals surface area contributed by atoms with E-state index in [4.69, 9.17) is 0 Å². The van der Waals surface area contributed by atoms with Crippen molar-refractivity contribution in [3.63, 3.8) is 0 Å². The summed E-state index contributed by atoms with van der Waals surface area (Å²) in [6.07, 6.45) is 0. The number of hydrogen-bond donors (Lipinski definition) is 6. The molecule has 38 heteroatoms. The van der Waals surface area contributed by atoms with Crippen molar-refractivity contribution in [3.8, 4) is 0 Å². The summed E-state index contributed by atoms with van der Waals surface area (Å²) >= 11 is -58.0. The molecule has 0 aromatic carbocycles. The molecule has 248 valence electrons. The minimum atomic E-state index is -9.15. The van der Waals surface area contributed by atoms with Gasteiger partial charge in [0.25, 0.3) is 0 Å². The van der Waals surface area contributed by atoms with Gasteiger partial charge >= 0.3 is 192 Å². The van der Waals surface area contributed by atoms with E-state index in [1.165, 1.54) is 0 Å². The van der Waals surface area contributed by atoms with Crippen molar-refractivity contribution in [1.29, 1.82) is 0 Å². The van der Waals surface area contributed by atoms with Crippen LogP contribution < -0.4 is 59.5 Å². The van der Waals surface area contributed by atoms with Gasteiger partial charge in [0.1, 0.15) is 0 Å². The fourth-order valence-corrected chi connectivity index (χ4v) is 35.6. The predicted octanol–water partition coefficient (Wildman–Crippen LogP) is -7.55. The van der Waals surface area contributed by atoms with Crippen LogP contribution in [0.3, 0.4) is 0 Å². The molecule has 0 bridgehead atoms. The predicted molar refractivity (Wildman–Crippen MR) is 54.3 cm³/mol. The Balaban J connectivity index is -0.000000214. The van der Waals surface area contributed by atoms with E-state index in [0.29, 0.717) is 0 Å². The number of rotatable bonds is 12. The average molecular weight is 1180 g/mol. The molecule has 0 aliphatic heterocycles. The van der Waals surface area contributed by atoms with Crippen molar-refractivity contribution < 1.29 is 197 Å². The minimum absolute atomic E-state index is 0. The zero-order chi connectivity index (χ0) is 25.6. The van der Waals surface area contributed by atoms with Crippen LogP contribution in [0.25, 0.3) is 0 Å². The van der Waals surface area contributed by atoms with E-state index in [1.807, 2.05) is 0 Å². The Hall–Kier alpha value is 1.66. The van der Waals surface area contributed by atoms with Crippen molar-refractivity contribution in [3.05, 3.63) is 0 Å². The molecule has 0 rings (SSSR count). The second-order valence-corrected chi connectivity index (χ2v) is 34.4. The molecule has 0 spiro atoms. The Bertz CT molecular complexity index is 1270. The summed E-state index contributed by atoms with van der Waals surface area (Å²) < 4.78 is 208. The van der Waals surface area contributed by atoms with Gasteiger partial charge in [0.15, 0.2) is 0 Å². The first-order valence-electron chi connectivity index (χ1n) is 5.00. The first-order chi connectivity index (χ1) is 12.7. The molecule has 0 radical (unpaired) electrons. The molecule has 0 aliphatic carbocycles. The van der Waals surface area contributed by atoms with Crippen LogP contribution in [0.5, 0.6) is 0 Å². The Labute approximate surface area is 231 Å². The fraction of sp³-hybridized carbons (Fsp3) is 0. The van der Waals surface area contributed by atoms with E-state index in [2.05, 4.69) is 12.3 Å². The first-order valence-corrected chi connectivity index (χ1v) is 29.6. The second-order valence-electron chi connectivity index (χ2n) is 3.81. The van der Waals surface area contributed by atoms with Gasteiger partial charge in [-0.15, -0.1) is 0 Å². The molecule has 0 heterocycles. The molecular formula is H26Mo7N6O25. The maximum absolute atomic E-state index is 11.2. The SMILES string of the molecule is O.[NH4+].[NH4+].[NH4+].[NH4+].[NH4+].[NH4+].[O]=[Mo](=[O])([O][Mo](=[O])(=[O])[O][Mo](=[O])(=[O])[O][Mo](=[O])([O-])([O-])[O-])[O][Mo](=[O])(=[O])[O][Mo](=[O])(=[O])[O][Mo](=[O])([O-])([O-])[O-]. The van der Waals surface area contributed by atoms with Crippen LogP contribution in [0.1, 0.15) is 0 Å². The van der Waals surface area contributed by atoms with Crippen molar-refractivity contribution in [2.45, 2.75) is 0 Å². The third kappa shape index (κ3) is 32.2. The van der Waals surface area contributed by atoms with Crippen LogP contribution in [0.15, 0.2) is 0 Å². The van der Waals surface area contributed by atoms with Gasteiger partial charge in [0.2, 0.25) is 0 Å². The van der Waals surface area contributed by atoms with Crippen molar-refractivity contribution in [2.75, 3.05) is 0 Å². The molecule has 0 amide bonds. The quantitative estimate of drug-likeness (QED) is 0.0989. The summed E-state index contributed by atoms with van der Waals surface area (Å²) in [5.74, 6) is 0. The molecule has 0 aromatic heterocycles. The van der Waals surface area contributed by atoms with Gasteiger partial charge in [-0.3, -0.25) is 0 Å². The Morgan fingerprint density at radius 1 is 0.368 bits per heavy atom. The van der Waals surface area contributed by atoms with E-state index >= 15 is 0 Å². The monoisotopic (exact) mass is 1200 g/mol. The van der Waals surface area contributed by atoms with Gasteiger partial charge in [-0.05, 0) is 0 Å². The van der Waals surface area contributed by atoms with Gasteiger partial charge in [-0.1, -0.05) is 0 Å². The molecule has 31 nitrogen and oxygen atoms in total. The van der Waals surface area contributed by atoms with E-state index in [9.17, 15) is 63.3 Å². The zero-order valence-corrected chi connectivity index (χ0v) is 33.2. The molecule has 0 atom stereocenters. The summed E-state index contributed by atoms with van der Waals surface area (Å²) in [6.45, 7) is 0. The van der Waals surface area contributed by atoms with E-state index in [0.717, 1.165) is 0 Å². The van der Waals surface area contributed by atoms with Gasteiger partial charge in [0, 0.05) is 0 Å². The van der Waals surface area contributed by atoms with Crippen LogP contribution in [0.2, 0.25) is 0 Å². The maximum atomic E-state index is 11.2. The van der Waals surface area contributed by atoms with Crippen LogP contribution in [-0.4, -0.2) is 5.48 Å². The van der Waals surface area contributed by atoms with Gasteiger partial charge in [0.05, 0.1) is 0 Å². The molecule has 0 aromatic rings. The van der Waals surface area contributed by atoms with Gasteiger partial charge in [-0.25, -0.2) is 0 Å². The van der Waals surface area contributed by atoms with Crippen molar-refractivity contribution >= 4 is 0 Å². The van der Waals surface area contributed by atoms with Crippen molar-refractivity contribution in [1.82, 2.24) is 36.9 Å². The van der Waals surface area contributed by atoms with E-state index in [1.54, 1.807) is 0 Å². The molecule has 0 aliphatic rings. The summed E-state index contributed by atoms with van der Waals surface area (Å²) in [5.41, 5.74) is 0. The normalized spacial score (nSPS) is 14.6. The Kier molecular flexibility index (Phi) is 25.7. The topological polar surface area (TPSA) is 649 Å². The van der Waals surface area contributed by atoms with Crippen LogP contribution in [0, 0.1) is 0 Å². The summed E-state index contributed by atoms with van der Waals surface area (Å²) in [6, 6.07) is 0. The molecule has 0 saturated carbocycles. The second kappa shape index (κ2) is 16.5. The standard InChI is InChI=1S/7Mo.6H3N.H2O.24O/h;;;;;;;6*1H3;1H2;;;;;;;;;;;;;;;;;;;;;;;;/q;;;;;;;;;;;;;;;;;;;;;;;;;;;;;;;;6*-1/p+6. The third-order valence-corrected chi connectivity index (χ3v) is 36.9. The van der Waals surface area contributed by atoms with E-state index in [-0.39, 0.29) is 42.4 Å². The zero-order valence-electron chi connectivity index (χ0n) is 19.2. The number of quaternary nitrogens is 6. The summed E-state index contributed by atoms with van der Waals surface area (Å²) in [7, 11) is 0. The summed E-state index contributed by atoms with van der Waals surface area (Å²) in [4.78, 5) is 0. The Morgan fingerprint density at radius 2 is 0.500 bits per heavy atom. The van der Waals surface area contributed by atoms with E-state index < -0.39 is 116 Å². The van der Waals surface area contributed by atoms with Gasteiger partial charge in [-0.2, -0.15) is 0 Å². The Morgan fingerprint density at radius 3 is 0.632 bits per heavy atom. The molecule has 0 fully saturated rings. The fourth-order valence-electron chi connectivity index (χ4n) is 0.737. The molecule has 0 unspecified atom stereocenters.